The highest BCUT2D eigenvalue weighted by molar-refractivity contribution is 6.00. The summed E-state index contributed by atoms with van der Waals surface area (Å²) in [6.45, 7) is 0.0187. The second kappa shape index (κ2) is 6.83. The second-order valence-corrected chi connectivity index (χ2v) is 5.07. The molecule has 0 spiro atoms. The van der Waals surface area contributed by atoms with Gasteiger partial charge in [0.25, 0.3) is 5.91 Å². The van der Waals surface area contributed by atoms with Gasteiger partial charge in [-0.15, -0.1) is 0 Å². The van der Waals surface area contributed by atoms with Gasteiger partial charge in [0.2, 0.25) is 0 Å². The van der Waals surface area contributed by atoms with Crippen molar-refractivity contribution < 1.29 is 23.1 Å². The van der Waals surface area contributed by atoms with Crippen LogP contribution in [0.4, 0.5) is 13.2 Å². The summed E-state index contributed by atoms with van der Waals surface area (Å²) in [6, 6.07) is 11.4. The molecular weight excluding hydrogens is 307 g/mol. The van der Waals surface area contributed by atoms with E-state index in [9.17, 15) is 18.0 Å². The molecule has 0 atom stereocenters. The second-order valence-electron chi connectivity index (χ2n) is 5.07. The highest BCUT2D eigenvalue weighted by atomic mass is 19.4. The van der Waals surface area contributed by atoms with E-state index in [0.29, 0.717) is 16.7 Å². The van der Waals surface area contributed by atoms with Crippen molar-refractivity contribution in [2.24, 2.45) is 0 Å². The average molecular weight is 323 g/mol. The Balaban J connectivity index is 2.39. The highest BCUT2D eigenvalue weighted by Gasteiger charge is 2.30. The molecule has 0 aliphatic heterocycles. The SMILES string of the molecule is CN(CCO)C(=O)c1ccccc1-c1ccc(C(F)(F)F)cc1. The maximum absolute atomic E-state index is 12.6. The van der Waals surface area contributed by atoms with Crippen molar-refractivity contribution in [3.05, 3.63) is 59.7 Å². The van der Waals surface area contributed by atoms with Crippen molar-refractivity contribution in [3.8, 4) is 11.1 Å². The van der Waals surface area contributed by atoms with Crippen LogP contribution in [0.3, 0.4) is 0 Å². The van der Waals surface area contributed by atoms with Gasteiger partial charge in [0, 0.05) is 19.2 Å². The molecular formula is C17H16F3NO2. The fraction of sp³-hybridized carbons (Fsp3) is 0.235. The van der Waals surface area contributed by atoms with Gasteiger partial charge in [0.15, 0.2) is 0 Å². The molecule has 0 bridgehead atoms. The number of carbonyl (C=O) groups is 1. The van der Waals surface area contributed by atoms with Gasteiger partial charge in [0.1, 0.15) is 0 Å². The van der Waals surface area contributed by atoms with Gasteiger partial charge in [0.05, 0.1) is 12.2 Å². The van der Waals surface area contributed by atoms with Gasteiger partial charge >= 0.3 is 6.18 Å². The fourth-order valence-corrected chi connectivity index (χ4v) is 2.22. The van der Waals surface area contributed by atoms with Crippen LogP contribution in [0.2, 0.25) is 0 Å². The number of likely N-dealkylation sites (N-methyl/N-ethyl adjacent to an activating group) is 1. The van der Waals surface area contributed by atoms with Crippen LogP contribution in [-0.2, 0) is 6.18 Å². The van der Waals surface area contributed by atoms with E-state index >= 15 is 0 Å². The summed E-state index contributed by atoms with van der Waals surface area (Å²) in [5, 5.41) is 8.93. The summed E-state index contributed by atoms with van der Waals surface area (Å²) < 4.78 is 37.9. The lowest BCUT2D eigenvalue weighted by atomic mass is 9.98. The summed E-state index contributed by atoms with van der Waals surface area (Å²) >= 11 is 0. The van der Waals surface area contributed by atoms with Crippen LogP contribution in [-0.4, -0.2) is 36.1 Å². The predicted octanol–water partition coefficient (Wildman–Crippen LogP) is 3.44. The Bertz CT molecular complexity index is 681. The van der Waals surface area contributed by atoms with E-state index < -0.39 is 11.7 Å². The lowest BCUT2D eigenvalue weighted by molar-refractivity contribution is -0.137. The van der Waals surface area contributed by atoms with Crippen LogP contribution in [0, 0.1) is 0 Å². The Morgan fingerprint density at radius 2 is 1.70 bits per heavy atom. The summed E-state index contributed by atoms with van der Waals surface area (Å²) in [4.78, 5) is 13.8. The highest BCUT2D eigenvalue weighted by Crippen LogP contribution is 2.32. The number of amides is 1. The first-order valence-electron chi connectivity index (χ1n) is 6.97. The summed E-state index contributed by atoms with van der Waals surface area (Å²) in [5.74, 6) is -0.297. The molecule has 0 radical (unpaired) electrons. The van der Waals surface area contributed by atoms with E-state index in [2.05, 4.69) is 0 Å². The van der Waals surface area contributed by atoms with E-state index in [4.69, 9.17) is 5.11 Å². The Kier molecular flexibility index (Phi) is 5.05. The third-order valence-corrected chi connectivity index (χ3v) is 3.46. The predicted molar refractivity (Wildman–Crippen MR) is 80.9 cm³/mol. The van der Waals surface area contributed by atoms with Gasteiger partial charge < -0.3 is 10.0 Å². The number of carbonyl (C=O) groups excluding carboxylic acids is 1. The Morgan fingerprint density at radius 1 is 1.09 bits per heavy atom. The zero-order valence-electron chi connectivity index (χ0n) is 12.5. The van der Waals surface area contributed by atoms with E-state index in [1.165, 1.54) is 17.0 Å². The van der Waals surface area contributed by atoms with Gasteiger partial charge in [-0.1, -0.05) is 30.3 Å². The Morgan fingerprint density at radius 3 is 2.26 bits per heavy atom. The van der Waals surface area contributed by atoms with Crippen LogP contribution in [0.5, 0.6) is 0 Å². The van der Waals surface area contributed by atoms with Crippen molar-refractivity contribution in [1.82, 2.24) is 4.90 Å². The molecule has 2 rings (SSSR count). The third-order valence-electron chi connectivity index (χ3n) is 3.46. The molecule has 0 aliphatic rings. The number of alkyl halides is 3. The molecule has 122 valence electrons. The molecule has 2 aromatic rings. The number of rotatable bonds is 4. The van der Waals surface area contributed by atoms with Crippen molar-refractivity contribution >= 4 is 5.91 Å². The molecule has 0 unspecified atom stereocenters. The summed E-state index contributed by atoms with van der Waals surface area (Å²) in [7, 11) is 1.56. The lowest BCUT2D eigenvalue weighted by Crippen LogP contribution is -2.29. The average Bonchev–Trinajstić information content (AvgIpc) is 2.54. The normalized spacial score (nSPS) is 11.3. The number of aliphatic hydroxyl groups is 1. The zero-order valence-corrected chi connectivity index (χ0v) is 12.5. The van der Waals surface area contributed by atoms with E-state index in [-0.39, 0.29) is 19.1 Å². The number of hydrogen-bond acceptors (Lipinski definition) is 2. The Hall–Kier alpha value is -2.34. The Labute approximate surface area is 132 Å². The molecule has 6 heteroatoms. The van der Waals surface area contributed by atoms with Crippen LogP contribution in [0.15, 0.2) is 48.5 Å². The first kappa shape index (κ1) is 17.0. The van der Waals surface area contributed by atoms with Crippen molar-refractivity contribution in [2.45, 2.75) is 6.18 Å². The minimum atomic E-state index is -4.39. The molecule has 0 aliphatic carbocycles. The largest absolute Gasteiger partial charge is 0.416 e. The number of aliphatic hydroxyl groups excluding tert-OH is 1. The number of halogens is 3. The molecule has 0 heterocycles. The van der Waals surface area contributed by atoms with Gasteiger partial charge in [-0.2, -0.15) is 13.2 Å². The maximum atomic E-state index is 12.6. The molecule has 23 heavy (non-hydrogen) atoms. The molecule has 0 fully saturated rings. The molecule has 2 aromatic carbocycles. The minimum absolute atomic E-state index is 0.162. The molecule has 0 saturated heterocycles. The number of hydrogen-bond donors (Lipinski definition) is 1. The molecule has 1 amide bonds. The fourth-order valence-electron chi connectivity index (χ4n) is 2.22. The van der Waals surface area contributed by atoms with Gasteiger partial charge in [-0.3, -0.25) is 4.79 Å². The number of nitrogens with zero attached hydrogens (tertiary/aromatic N) is 1. The minimum Gasteiger partial charge on any atom is -0.395 e. The first-order valence-corrected chi connectivity index (χ1v) is 6.97. The monoisotopic (exact) mass is 323 g/mol. The number of benzene rings is 2. The van der Waals surface area contributed by atoms with E-state index in [0.717, 1.165) is 12.1 Å². The first-order chi connectivity index (χ1) is 10.8. The van der Waals surface area contributed by atoms with Gasteiger partial charge in [-0.05, 0) is 29.3 Å². The van der Waals surface area contributed by atoms with E-state index in [1.807, 2.05) is 0 Å². The lowest BCUT2D eigenvalue weighted by Gasteiger charge is -2.18. The molecule has 3 nitrogen and oxygen atoms in total. The summed E-state index contributed by atoms with van der Waals surface area (Å²) in [5.41, 5.74) is 0.723. The van der Waals surface area contributed by atoms with Crippen LogP contribution >= 0.6 is 0 Å². The van der Waals surface area contributed by atoms with Gasteiger partial charge in [-0.25, -0.2) is 0 Å². The molecule has 0 aromatic heterocycles. The topological polar surface area (TPSA) is 40.5 Å². The van der Waals surface area contributed by atoms with Crippen molar-refractivity contribution in [2.75, 3.05) is 20.2 Å². The quantitative estimate of drug-likeness (QED) is 0.936. The van der Waals surface area contributed by atoms with Crippen molar-refractivity contribution in [3.63, 3.8) is 0 Å². The maximum Gasteiger partial charge on any atom is 0.416 e. The third kappa shape index (κ3) is 3.90. The standard InChI is InChI=1S/C17H16F3NO2/c1-21(10-11-22)16(23)15-5-3-2-4-14(15)12-6-8-13(9-7-12)17(18,19)20/h2-9,22H,10-11H2,1H3. The molecule has 0 saturated carbocycles. The van der Waals surface area contributed by atoms with Crippen molar-refractivity contribution in [1.29, 1.82) is 0 Å². The summed E-state index contributed by atoms with van der Waals surface area (Å²) in [6.07, 6.45) is -4.39. The van der Waals surface area contributed by atoms with E-state index in [1.54, 1.807) is 31.3 Å². The zero-order chi connectivity index (χ0) is 17.0. The van der Waals surface area contributed by atoms with Crippen LogP contribution in [0.1, 0.15) is 15.9 Å². The molecule has 1 N–H and O–H groups in total. The van der Waals surface area contributed by atoms with Crippen LogP contribution in [0.25, 0.3) is 11.1 Å². The smallest absolute Gasteiger partial charge is 0.395 e. The van der Waals surface area contributed by atoms with Crippen LogP contribution < -0.4 is 0 Å².